The van der Waals surface area contributed by atoms with Crippen LogP contribution in [-0.2, 0) is 11.3 Å². The maximum Gasteiger partial charge on any atom is 0.237 e. The van der Waals surface area contributed by atoms with Crippen LogP contribution in [0.25, 0.3) is 0 Å². The van der Waals surface area contributed by atoms with Gasteiger partial charge in [-0.2, -0.15) is 0 Å². The van der Waals surface area contributed by atoms with Gasteiger partial charge >= 0.3 is 0 Å². The van der Waals surface area contributed by atoms with Crippen LogP contribution in [0.2, 0.25) is 0 Å². The third-order valence-corrected chi connectivity index (χ3v) is 6.60. The maximum atomic E-state index is 12.6. The van der Waals surface area contributed by atoms with Crippen LogP contribution in [0.15, 0.2) is 18.3 Å². The molecule has 3 fully saturated rings. The highest BCUT2D eigenvalue weighted by atomic mass is 16.2. The molecule has 0 radical (unpaired) electrons. The number of likely N-dealkylation sites (N-methyl/N-ethyl adjacent to an activating group) is 1. The van der Waals surface area contributed by atoms with Crippen molar-refractivity contribution in [1.82, 2.24) is 20.5 Å². The van der Waals surface area contributed by atoms with Gasteiger partial charge in [-0.3, -0.25) is 4.79 Å². The van der Waals surface area contributed by atoms with E-state index < -0.39 is 0 Å². The molecule has 3 aliphatic rings. The minimum Gasteiger partial charge on any atom is -0.354 e. The fraction of sp³-hybridized carbons (Fsp3) is 0.714. The molecule has 6 nitrogen and oxygen atoms in total. The summed E-state index contributed by atoms with van der Waals surface area (Å²) < 4.78 is 0. The molecule has 27 heavy (non-hydrogen) atoms. The molecule has 0 aromatic carbocycles. The van der Waals surface area contributed by atoms with Gasteiger partial charge in [-0.1, -0.05) is 19.8 Å². The van der Waals surface area contributed by atoms with Crippen LogP contribution < -0.4 is 15.5 Å². The minimum absolute atomic E-state index is 0.0125. The van der Waals surface area contributed by atoms with E-state index in [2.05, 4.69) is 38.4 Å². The van der Waals surface area contributed by atoms with Crippen LogP contribution in [0.5, 0.6) is 0 Å². The van der Waals surface area contributed by atoms with Gasteiger partial charge < -0.3 is 20.4 Å². The summed E-state index contributed by atoms with van der Waals surface area (Å²) in [6.07, 6.45) is 8.00. The third-order valence-electron chi connectivity index (χ3n) is 6.60. The van der Waals surface area contributed by atoms with Gasteiger partial charge in [-0.15, -0.1) is 0 Å². The number of carbonyl (C=O) groups is 1. The van der Waals surface area contributed by atoms with Crippen molar-refractivity contribution in [1.29, 1.82) is 0 Å². The zero-order valence-electron chi connectivity index (χ0n) is 16.5. The number of carbonyl (C=O) groups excluding carboxylic acids is 1. The number of fused-ring (bicyclic) bond motifs is 1. The number of amides is 1. The third kappa shape index (κ3) is 4.43. The molecule has 1 aliphatic carbocycles. The summed E-state index contributed by atoms with van der Waals surface area (Å²) in [6, 6.07) is 4.68. The predicted octanol–water partition coefficient (Wildman–Crippen LogP) is 1.76. The lowest BCUT2D eigenvalue weighted by Gasteiger charge is -2.34. The van der Waals surface area contributed by atoms with Crippen LogP contribution in [-0.4, -0.2) is 60.6 Å². The van der Waals surface area contributed by atoms with Crippen molar-refractivity contribution in [2.75, 3.05) is 37.6 Å². The molecule has 3 heterocycles. The lowest BCUT2D eigenvalue weighted by atomic mass is 9.85. The van der Waals surface area contributed by atoms with Crippen molar-refractivity contribution < 1.29 is 4.79 Å². The molecule has 2 N–H and O–H groups in total. The van der Waals surface area contributed by atoms with E-state index in [1.807, 2.05) is 12.3 Å². The molecular formula is C21H33N5O. The van der Waals surface area contributed by atoms with E-state index in [9.17, 15) is 4.79 Å². The molecule has 1 saturated carbocycles. The Morgan fingerprint density at radius 3 is 2.85 bits per heavy atom. The SMILES string of the molecule is CCN1CCN(c2cc(CNC(=O)[C@@H]3C[C@@H]4CCCC[C@@H]4N3)ccn2)CC1. The standard InChI is InChI=1S/C21H33N5O/c1-2-25-9-11-26(12-10-25)20-13-16(7-8-22-20)15-23-21(27)19-14-17-5-3-4-6-18(17)24-19/h7-8,13,17-19,24H,2-6,9-12,14-15H2,1H3,(H,23,27)/t17-,18-,19-/m0/s1. The van der Waals surface area contributed by atoms with Crippen molar-refractivity contribution in [2.45, 2.75) is 57.7 Å². The Hall–Kier alpha value is -1.66. The summed E-state index contributed by atoms with van der Waals surface area (Å²) in [5.74, 6) is 1.88. The highest BCUT2D eigenvalue weighted by Gasteiger charge is 2.38. The van der Waals surface area contributed by atoms with Crippen molar-refractivity contribution in [3.63, 3.8) is 0 Å². The van der Waals surface area contributed by atoms with E-state index >= 15 is 0 Å². The second kappa shape index (κ2) is 8.57. The molecule has 2 aliphatic heterocycles. The number of nitrogens with zero attached hydrogens (tertiary/aromatic N) is 3. The quantitative estimate of drug-likeness (QED) is 0.826. The van der Waals surface area contributed by atoms with Crippen molar-refractivity contribution in [3.05, 3.63) is 23.9 Å². The monoisotopic (exact) mass is 371 g/mol. The molecule has 1 aromatic rings. The Morgan fingerprint density at radius 1 is 1.26 bits per heavy atom. The number of piperazine rings is 1. The summed E-state index contributed by atoms with van der Waals surface area (Å²) in [4.78, 5) is 22.0. The normalized spacial score (nSPS) is 28.8. The van der Waals surface area contributed by atoms with E-state index in [0.29, 0.717) is 18.5 Å². The fourth-order valence-electron chi connectivity index (χ4n) is 4.87. The number of anilines is 1. The van der Waals surface area contributed by atoms with Gasteiger partial charge in [-0.25, -0.2) is 4.98 Å². The first-order valence-electron chi connectivity index (χ1n) is 10.7. The number of hydrogen-bond donors (Lipinski definition) is 2. The molecule has 0 unspecified atom stereocenters. The molecule has 4 rings (SSSR count). The van der Waals surface area contributed by atoms with Gasteiger partial charge in [0, 0.05) is 45.0 Å². The first-order chi connectivity index (χ1) is 13.2. The highest BCUT2D eigenvalue weighted by molar-refractivity contribution is 5.82. The van der Waals surface area contributed by atoms with Gasteiger partial charge in [0.25, 0.3) is 0 Å². The Labute approximate surface area is 162 Å². The second-order valence-electron chi connectivity index (χ2n) is 8.27. The Bertz CT molecular complexity index is 629. The first-order valence-corrected chi connectivity index (χ1v) is 10.7. The average Bonchev–Trinajstić information content (AvgIpc) is 3.17. The van der Waals surface area contributed by atoms with Gasteiger partial charge in [0.1, 0.15) is 5.82 Å². The van der Waals surface area contributed by atoms with E-state index in [1.165, 1.54) is 25.7 Å². The lowest BCUT2D eigenvalue weighted by Crippen LogP contribution is -2.46. The lowest BCUT2D eigenvalue weighted by molar-refractivity contribution is -0.123. The molecule has 1 amide bonds. The Morgan fingerprint density at radius 2 is 2.07 bits per heavy atom. The molecule has 2 saturated heterocycles. The van der Waals surface area contributed by atoms with Gasteiger partial charge in [0.15, 0.2) is 0 Å². The van der Waals surface area contributed by atoms with Crippen LogP contribution in [0.4, 0.5) is 5.82 Å². The topological polar surface area (TPSA) is 60.5 Å². The zero-order valence-corrected chi connectivity index (χ0v) is 16.5. The van der Waals surface area contributed by atoms with E-state index in [0.717, 1.165) is 50.5 Å². The second-order valence-corrected chi connectivity index (χ2v) is 8.27. The maximum absolute atomic E-state index is 12.6. The number of aromatic nitrogens is 1. The van der Waals surface area contributed by atoms with Crippen LogP contribution in [0, 0.1) is 5.92 Å². The molecule has 6 heteroatoms. The molecule has 1 aromatic heterocycles. The van der Waals surface area contributed by atoms with Crippen LogP contribution in [0.3, 0.4) is 0 Å². The summed E-state index contributed by atoms with van der Waals surface area (Å²) in [5, 5.41) is 6.71. The van der Waals surface area contributed by atoms with Crippen molar-refractivity contribution in [3.8, 4) is 0 Å². The zero-order chi connectivity index (χ0) is 18.6. The summed E-state index contributed by atoms with van der Waals surface area (Å²) in [5.41, 5.74) is 1.13. The van der Waals surface area contributed by atoms with Gasteiger partial charge in [0.2, 0.25) is 5.91 Å². The van der Waals surface area contributed by atoms with E-state index in [-0.39, 0.29) is 11.9 Å². The van der Waals surface area contributed by atoms with E-state index in [4.69, 9.17) is 0 Å². The average molecular weight is 372 g/mol. The number of hydrogen-bond acceptors (Lipinski definition) is 5. The molecule has 0 bridgehead atoms. The highest BCUT2D eigenvalue weighted by Crippen LogP contribution is 2.33. The largest absolute Gasteiger partial charge is 0.354 e. The minimum atomic E-state index is -0.0125. The molecule has 0 spiro atoms. The van der Waals surface area contributed by atoms with Crippen molar-refractivity contribution >= 4 is 11.7 Å². The van der Waals surface area contributed by atoms with Crippen LogP contribution >= 0.6 is 0 Å². The van der Waals surface area contributed by atoms with Crippen LogP contribution in [0.1, 0.15) is 44.6 Å². The number of pyridine rings is 1. The van der Waals surface area contributed by atoms with E-state index in [1.54, 1.807) is 0 Å². The smallest absolute Gasteiger partial charge is 0.237 e. The summed E-state index contributed by atoms with van der Waals surface area (Å²) >= 11 is 0. The summed E-state index contributed by atoms with van der Waals surface area (Å²) in [7, 11) is 0. The van der Waals surface area contributed by atoms with Gasteiger partial charge in [0.05, 0.1) is 6.04 Å². The number of rotatable bonds is 5. The molecular weight excluding hydrogens is 338 g/mol. The first kappa shape index (κ1) is 18.7. The molecule has 148 valence electrons. The number of nitrogens with one attached hydrogen (secondary N) is 2. The fourth-order valence-corrected chi connectivity index (χ4v) is 4.87. The Kier molecular flexibility index (Phi) is 5.93. The molecule has 3 atom stereocenters. The Balaban J connectivity index is 1.29. The summed E-state index contributed by atoms with van der Waals surface area (Å²) in [6.45, 7) is 8.13. The van der Waals surface area contributed by atoms with Crippen molar-refractivity contribution in [2.24, 2.45) is 5.92 Å². The van der Waals surface area contributed by atoms with Gasteiger partial charge in [-0.05, 0) is 49.4 Å². The predicted molar refractivity (Wildman–Crippen MR) is 108 cm³/mol.